The molecule has 4 rings (SSSR count). The molecular formula is C25H31N3O3S. The minimum absolute atomic E-state index is 0.105. The first-order chi connectivity index (χ1) is 15.1. The maximum Gasteiger partial charge on any atom is 0.274 e. The summed E-state index contributed by atoms with van der Waals surface area (Å²) in [5, 5.41) is 7.81. The van der Waals surface area contributed by atoms with Crippen molar-refractivity contribution < 1.29 is 14.3 Å². The number of amides is 1. The van der Waals surface area contributed by atoms with Gasteiger partial charge in [-0.05, 0) is 62.3 Å². The van der Waals surface area contributed by atoms with E-state index in [0.29, 0.717) is 18.2 Å². The lowest BCUT2D eigenvalue weighted by molar-refractivity contribution is 0.0646. The molecule has 0 aliphatic carbocycles. The Hall–Kier alpha value is -2.80. The molecular weight excluding hydrogens is 422 g/mol. The number of rotatable bonds is 5. The van der Waals surface area contributed by atoms with Crippen molar-refractivity contribution in [3.8, 4) is 27.8 Å². The van der Waals surface area contributed by atoms with Gasteiger partial charge in [-0.2, -0.15) is 5.10 Å². The first kappa shape index (κ1) is 22.4. The van der Waals surface area contributed by atoms with E-state index >= 15 is 0 Å². The van der Waals surface area contributed by atoms with Crippen LogP contribution < -0.4 is 9.47 Å². The van der Waals surface area contributed by atoms with Crippen LogP contribution in [0.5, 0.6) is 11.5 Å². The number of hydrogen-bond donors (Lipinski definition) is 0. The van der Waals surface area contributed by atoms with Crippen molar-refractivity contribution in [2.24, 2.45) is 5.92 Å². The Morgan fingerprint density at radius 3 is 2.69 bits per heavy atom. The van der Waals surface area contributed by atoms with Crippen molar-refractivity contribution in [1.82, 2.24) is 14.7 Å². The Labute approximate surface area is 193 Å². The van der Waals surface area contributed by atoms with E-state index in [1.807, 2.05) is 56.1 Å². The lowest BCUT2D eigenvalue weighted by Crippen LogP contribution is -2.43. The van der Waals surface area contributed by atoms with E-state index < -0.39 is 0 Å². The number of benzene rings is 1. The number of nitrogens with zero attached hydrogens (tertiary/aromatic N) is 3. The van der Waals surface area contributed by atoms with Crippen LogP contribution in [0.4, 0.5) is 0 Å². The molecule has 32 heavy (non-hydrogen) atoms. The van der Waals surface area contributed by atoms with E-state index in [1.165, 1.54) is 0 Å². The molecule has 0 unspecified atom stereocenters. The number of thiophene rings is 1. The second-order valence-electron chi connectivity index (χ2n) is 9.62. The number of carbonyl (C=O) groups excluding carboxylic acids is 1. The van der Waals surface area contributed by atoms with Gasteiger partial charge in [-0.25, -0.2) is 4.68 Å². The van der Waals surface area contributed by atoms with Crippen molar-refractivity contribution in [1.29, 1.82) is 0 Å². The van der Waals surface area contributed by atoms with Gasteiger partial charge in [0.2, 0.25) is 0 Å². The highest BCUT2D eigenvalue weighted by atomic mass is 32.1. The zero-order valence-electron chi connectivity index (χ0n) is 19.9. The largest absolute Gasteiger partial charge is 0.496 e. The van der Waals surface area contributed by atoms with Crippen LogP contribution in [0.2, 0.25) is 0 Å². The summed E-state index contributed by atoms with van der Waals surface area (Å²) in [6.07, 6.45) is 0.886. The van der Waals surface area contributed by atoms with Gasteiger partial charge in [0.25, 0.3) is 5.91 Å². The molecule has 0 saturated carbocycles. The Morgan fingerprint density at radius 2 is 2.09 bits per heavy atom. The van der Waals surface area contributed by atoms with Crippen LogP contribution in [0, 0.1) is 5.92 Å². The molecule has 0 spiro atoms. The summed E-state index contributed by atoms with van der Waals surface area (Å²) in [6, 6.07) is 8.12. The minimum Gasteiger partial charge on any atom is -0.496 e. The van der Waals surface area contributed by atoms with Gasteiger partial charge in [-0.3, -0.25) is 4.79 Å². The molecule has 0 bridgehead atoms. The molecule has 1 aliphatic heterocycles. The van der Waals surface area contributed by atoms with Crippen molar-refractivity contribution in [3.63, 3.8) is 0 Å². The SMILES string of the molecule is COc1cc2c(cc1CC(C)C)-c1c(c(C(=O)N(C)C(C)(C)C)nn1-c1cccs1)CO2. The summed E-state index contributed by atoms with van der Waals surface area (Å²) in [5.41, 5.74) is 3.94. The van der Waals surface area contributed by atoms with Gasteiger partial charge in [0.15, 0.2) is 5.69 Å². The molecule has 1 aliphatic rings. The van der Waals surface area contributed by atoms with Crippen molar-refractivity contribution in [2.45, 2.75) is 53.2 Å². The zero-order valence-corrected chi connectivity index (χ0v) is 20.7. The zero-order chi connectivity index (χ0) is 23.2. The standard InChI is InChI=1S/C25H31N3O3S/c1-15(2)11-16-12-17-20(13-19(16)30-7)31-14-18-22(24(29)27(6)25(3,4)5)26-28(23(17)18)21-9-8-10-32-21/h8-10,12-13,15H,11,14H2,1-7H3. The molecule has 3 heterocycles. The predicted octanol–water partition coefficient (Wildman–Crippen LogP) is 5.57. The summed E-state index contributed by atoms with van der Waals surface area (Å²) in [4.78, 5) is 15.2. The topological polar surface area (TPSA) is 56.6 Å². The fourth-order valence-corrected chi connectivity index (χ4v) is 4.58. The average Bonchev–Trinajstić information content (AvgIpc) is 3.38. The number of ether oxygens (including phenoxy) is 2. The fourth-order valence-electron chi connectivity index (χ4n) is 3.90. The lowest BCUT2D eigenvalue weighted by atomic mass is 9.95. The number of methoxy groups -OCH3 is 1. The second kappa shape index (κ2) is 8.28. The molecule has 6 nitrogen and oxygen atoms in total. The van der Waals surface area contributed by atoms with Gasteiger partial charge >= 0.3 is 0 Å². The van der Waals surface area contributed by atoms with Crippen LogP contribution in [0.25, 0.3) is 16.3 Å². The first-order valence-corrected chi connectivity index (χ1v) is 11.8. The maximum absolute atomic E-state index is 13.4. The summed E-state index contributed by atoms with van der Waals surface area (Å²) in [5.74, 6) is 1.95. The quantitative estimate of drug-likeness (QED) is 0.507. The van der Waals surface area contributed by atoms with Gasteiger partial charge in [-0.15, -0.1) is 11.3 Å². The number of hydrogen-bond acceptors (Lipinski definition) is 5. The van der Waals surface area contributed by atoms with Crippen LogP contribution in [0.1, 0.15) is 56.2 Å². The summed E-state index contributed by atoms with van der Waals surface area (Å²) < 4.78 is 13.7. The van der Waals surface area contributed by atoms with E-state index in [9.17, 15) is 4.79 Å². The number of fused-ring (bicyclic) bond motifs is 3. The minimum atomic E-state index is -0.318. The van der Waals surface area contributed by atoms with Crippen molar-refractivity contribution in [2.75, 3.05) is 14.2 Å². The van der Waals surface area contributed by atoms with Crippen LogP contribution in [-0.4, -0.2) is 40.3 Å². The fraction of sp³-hybridized carbons (Fsp3) is 0.440. The summed E-state index contributed by atoms with van der Waals surface area (Å²) in [6.45, 7) is 10.7. The smallest absolute Gasteiger partial charge is 0.274 e. The molecule has 0 fully saturated rings. The van der Waals surface area contributed by atoms with Gasteiger partial charge in [0.05, 0.1) is 12.8 Å². The molecule has 0 saturated heterocycles. The third kappa shape index (κ3) is 3.90. The summed E-state index contributed by atoms with van der Waals surface area (Å²) >= 11 is 1.60. The molecule has 170 valence electrons. The molecule has 3 aromatic rings. The highest BCUT2D eigenvalue weighted by molar-refractivity contribution is 7.12. The third-order valence-electron chi connectivity index (χ3n) is 5.85. The Morgan fingerprint density at radius 1 is 1.34 bits per heavy atom. The van der Waals surface area contributed by atoms with Gasteiger partial charge in [0, 0.05) is 29.8 Å². The maximum atomic E-state index is 13.4. The normalized spacial score (nSPS) is 12.9. The average molecular weight is 454 g/mol. The van der Waals surface area contributed by atoms with E-state index in [0.717, 1.165) is 45.3 Å². The van der Waals surface area contributed by atoms with Crippen LogP contribution in [0.3, 0.4) is 0 Å². The Bertz CT molecular complexity index is 1140. The molecule has 0 radical (unpaired) electrons. The van der Waals surface area contributed by atoms with Crippen LogP contribution in [0.15, 0.2) is 29.6 Å². The second-order valence-corrected chi connectivity index (χ2v) is 10.5. The highest BCUT2D eigenvalue weighted by Gasteiger charge is 2.34. The third-order valence-corrected chi connectivity index (χ3v) is 6.69. The predicted molar refractivity (Wildman–Crippen MR) is 128 cm³/mol. The van der Waals surface area contributed by atoms with E-state index in [-0.39, 0.29) is 11.4 Å². The van der Waals surface area contributed by atoms with E-state index in [4.69, 9.17) is 14.6 Å². The van der Waals surface area contributed by atoms with Gasteiger partial charge < -0.3 is 14.4 Å². The Balaban J connectivity index is 1.94. The molecule has 7 heteroatoms. The van der Waals surface area contributed by atoms with Gasteiger partial charge in [0.1, 0.15) is 23.1 Å². The van der Waals surface area contributed by atoms with E-state index in [2.05, 4.69) is 19.9 Å². The molecule has 0 atom stereocenters. The molecule has 1 aromatic carbocycles. The number of carbonyl (C=O) groups is 1. The molecule has 2 aromatic heterocycles. The summed E-state index contributed by atoms with van der Waals surface area (Å²) in [7, 11) is 3.51. The van der Waals surface area contributed by atoms with Gasteiger partial charge in [-0.1, -0.05) is 13.8 Å². The van der Waals surface area contributed by atoms with Crippen molar-refractivity contribution in [3.05, 3.63) is 46.5 Å². The van der Waals surface area contributed by atoms with Crippen LogP contribution >= 0.6 is 11.3 Å². The first-order valence-electron chi connectivity index (χ1n) is 10.9. The van der Waals surface area contributed by atoms with Crippen molar-refractivity contribution >= 4 is 17.2 Å². The molecule has 1 amide bonds. The highest BCUT2D eigenvalue weighted by Crippen LogP contribution is 2.44. The monoisotopic (exact) mass is 453 g/mol. The van der Waals surface area contributed by atoms with Crippen LogP contribution in [-0.2, 0) is 13.0 Å². The van der Waals surface area contributed by atoms with E-state index in [1.54, 1.807) is 23.3 Å². The Kier molecular flexibility index (Phi) is 5.79. The molecule has 0 N–H and O–H groups in total. The number of aromatic nitrogens is 2. The lowest BCUT2D eigenvalue weighted by Gasteiger charge is -2.31.